The number of aliphatic hydroxyl groups excluding tert-OH is 1. The first-order valence-electron chi connectivity index (χ1n) is 9.24. The Labute approximate surface area is 152 Å². The Bertz CT molecular complexity index is 909. The number of aromatic nitrogens is 2. The van der Waals surface area contributed by atoms with Crippen molar-refractivity contribution in [2.75, 3.05) is 11.9 Å². The van der Waals surface area contributed by atoms with Crippen molar-refractivity contribution >= 4 is 28.5 Å². The molecular weight excluding hydrogens is 326 g/mol. The summed E-state index contributed by atoms with van der Waals surface area (Å²) in [4.78, 5) is 16.4. The number of para-hydroxylation sites is 2. The van der Waals surface area contributed by atoms with Crippen LogP contribution in [-0.2, 0) is 0 Å². The standard InChI is InChI=1S/C21H23N3O2/c25-14-20(26)15-10-12-16(13-11-15)22-21-23-18-8-4-5-9-19(18)24(21)17-6-2-1-3-7-17/h4-5,8-13,17,25H,1-3,6-7,14H2,(H,22,23). The van der Waals surface area contributed by atoms with E-state index in [1.807, 2.05) is 24.3 Å². The van der Waals surface area contributed by atoms with Gasteiger partial charge in [-0.15, -0.1) is 0 Å². The lowest BCUT2D eigenvalue weighted by Crippen LogP contribution is -2.15. The molecule has 1 aromatic heterocycles. The summed E-state index contributed by atoms with van der Waals surface area (Å²) in [5.41, 5.74) is 3.55. The molecule has 3 aromatic rings. The predicted molar refractivity (Wildman–Crippen MR) is 103 cm³/mol. The minimum Gasteiger partial charge on any atom is -0.388 e. The van der Waals surface area contributed by atoms with Crippen molar-refractivity contribution in [1.82, 2.24) is 9.55 Å². The number of benzene rings is 2. The van der Waals surface area contributed by atoms with Crippen molar-refractivity contribution < 1.29 is 9.90 Å². The number of carbonyl (C=O) groups excluding carboxylic acids is 1. The summed E-state index contributed by atoms with van der Waals surface area (Å²) >= 11 is 0. The van der Waals surface area contributed by atoms with E-state index in [4.69, 9.17) is 10.1 Å². The third-order valence-electron chi connectivity index (χ3n) is 5.14. The highest BCUT2D eigenvalue weighted by Crippen LogP contribution is 2.35. The summed E-state index contributed by atoms with van der Waals surface area (Å²) in [5, 5.41) is 12.4. The normalized spacial score (nSPS) is 15.3. The first kappa shape index (κ1) is 16.8. The second-order valence-electron chi connectivity index (χ2n) is 6.87. The van der Waals surface area contributed by atoms with Gasteiger partial charge >= 0.3 is 0 Å². The molecule has 0 bridgehead atoms. The average Bonchev–Trinajstić information content (AvgIpc) is 3.06. The van der Waals surface area contributed by atoms with Gasteiger partial charge in [0, 0.05) is 17.3 Å². The molecule has 2 aromatic carbocycles. The Hall–Kier alpha value is -2.66. The summed E-state index contributed by atoms with van der Waals surface area (Å²) in [6, 6.07) is 15.9. The number of nitrogens with zero attached hydrogens (tertiary/aromatic N) is 2. The average molecular weight is 349 g/mol. The molecule has 0 amide bonds. The number of hydrogen-bond acceptors (Lipinski definition) is 4. The highest BCUT2D eigenvalue weighted by Gasteiger charge is 2.21. The van der Waals surface area contributed by atoms with Gasteiger partial charge in [-0.1, -0.05) is 31.4 Å². The van der Waals surface area contributed by atoms with Gasteiger partial charge < -0.3 is 15.0 Å². The van der Waals surface area contributed by atoms with E-state index in [2.05, 4.69) is 22.0 Å². The van der Waals surface area contributed by atoms with Gasteiger partial charge in [-0.3, -0.25) is 4.79 Å². The molecule has 1 fully saturated rings. The van der Waals surface area contributed by atoms with Crippen molar-refractivity contribution in [3.05, 3.63) is 54.1 Å². The van der Waals surface area contributed by atoms with Crippen LogP contribution in [-0.4, -0.2) is 27.0 Å². The minimum atomic E-state index is -0.468. The van der Waals surface area contributed by atoms with Gasteiger partial charge in [0.15, 0.2) is 5.78 Å². The van der Waals surface area contributed by atoms with Gasteiger partial charge in [-0.05, 0) is 49.2 Å². The highest BCUT2D eigenvalue weighted by atomic mass is 16.3. The molecule has 1 aliphatic carbocycles. The van der Waals surface area contributed by atoms with E-state index in [9.17, 15) is 4.79 Å². The molecule has 0 aliphatic heterocycles. The van der Waals surface area contributed by atoms with E-state index in [0.29, 0.717) is 11.6 Å². The van der Waals surface area contributed by atoms with Crippen molar-refractivity contribution in [2.45, 2.75) is 38.1 Å². The predicted octanol–water partition coefficient (Wildman–Crippen LogP) is 4.46. The highest BCUT2D eigenvalue weighted by molar-refractivity contribution is 5.97. The first-order valence-corrected chi connectivity index (χ1v) is 9.24. The molecule has 0 unspecified atom stereocenters. The topological polar surface area (TPSA) is 67.2 Å². The second-order valence-corrected chi connectivity index (χ2v) is 6.87. The third-order valence-corrected chi connectivity index (χ3v) is 5.14. The Morgan fingerprint density at radius 2 is 1.81 bits per heavy atom. The maximum absolute atomic E-state index is 11.6. The van der Waals surface area contributed by atoms with E-state index in [0.717, 1.165) is 22.7 Å². The Kier molecular flexibility index (Phi) is 4.71. The molecular formula is C21H23N3O2. The fourth-order valence-electron chi connectivity index (χ4n) is 3.80. The van der Waals surface area contributed by atoms with Crippen LogP contribution in [0.1, 0.15) is 48.5 Å². The lowest BCUT2D eigenvalue weighted by Gasteiger charge is -2.25. The van der Waals surface area contributed by atoms with E-state index >= 15 is 0 Å². The maximum Gasteiger partial charge on any atom is 0.208 e. The quantitative estimate of drug-likeness (QED) is 0.667. The number of carbonyl (C=O) groups is 1. The summed E-state index contributed by atoms with van der Waals surface area (Å²) in [6.07, 6.45) is 6.19. The monoisotopic (exact) mass is 349 g/mol. The number of imidazole rings is 1. The Morgan fingerprint density at radius 1 is 1.08 bits per heavy atom. The van der Waals surface area contributed by atoms with Gasteiger partial charge in [-0.25, -0.2) is 4.98 Å². The molecule has 26 heavy (non-hydrogen) atoms. The van der Waals surface area contributed by atoms with E-state index in [-0.39, 0.29) is 5.78 Å². The third kappa shape index (κ3) is 3.22. The zero-order chi connectivity index (χ0) is 17.9. The smallest absolute Gasteiger partial charge is 0.208 e. The molecule has 0 radical (unpaired) electrons. The van der Waals surface area contributed by atoms with Gasteiger partial charge in [0.05, 0.1) is 11.0 Å². The molecule has 0 spiro atoms. The fraction of sp³-hybridized carbons (Fsp3) is 0.333. The lowest BCUT2D eigenvalue weighted by atomic mass is 9.95. The summed E-state index contributed by atoms with van der Waals surface area (Å²) in [7, 11) is 0. The van der Waals surface area contributed by atoms with Crippen LogP contribution < -0.4 is 5.32 Å². The number of aliphatic hydroxyl groups is 1. The summed E-state index contributed by atoms with van der Waals surface area (Å²) < 4.78 is 2.33. The van der Waals surface area contributed by atoms with Crippen LogP contribution in [0, 0.1) is 0 Å². The van der Waals surface area contributed by atoms with E-state index in [1.54, 1.807) is 12.1 Å². The van der Waals surface area contributed by atoms with Crippen LogP contribution in [0.3, 0.4) is 0 Å². The minimum absolute atomic E-state index is 0.272. The number of anilines is 2. The number of fused-ring (bicyclic) bond motifs is 1. The van der Waals surface area contributed by atoms with Crippen molar-refractivity contribution in [3.63, 3.8) is 0 Å². The van der Waals surface area contributed by atoms with Crippen molar-refractivity contribution in [1.29, 1.82) is 0 Å². The van der Waals surface area contributed by atoms with Crippen LogP contribution in [0.4, 0.5) is 11.6 Å². The number of rotatable bonds is 5. The molecule has 2 N–H and O–H groups in total. The van der Waals surface area contributed by atoms with Gasteiger partial charge in [-0.2, -0.15) is 0 Å². The Morgan fingerprint density at radius 3 is 2.54 bits per heavy atom. The van der Waals surface area contributed by atoms with Crippen molar-refractivity contribution in [2.24, 2.45) is 0 Å². The van der Waals surface area contributed by atoms with Gasteiger partial charge in [0.2, 0.25) is 5.95 Å². The summed E-state index contributed by atoms with van der Waals surface area (Å²) in [6.45, 7) is -0.468. The zero-order valence-electron chi connectivity index (χ0n) is 14.7. The van der Waals surface area contributed by atoms with Gasteiger partial charge in [0.1, 0.15) is 6.61 Å². The largest absolute Gasteiger partial charge is 0.388 e. The van der Waals surface area contributed by atoms with E-state index < -0.39 is 6.61 Å². The van der Waals surface area contributed by atoms with Gasteiger partial charge in [0.25, 0.3) is 0 Å². The molecule has 0 saturated heterocycles. The molecule has 1 saturated carbocycles. The SMILES string of the molecule is O=C(CO)c1ccc(Nc2nc3ccccc3n2C2CCCCC2)cc1. The number of hydrogen-bond donors (Lipinski definition) is 2. The summed E-state index contributed by atoms with van der Waals surface area (Å²) in [5.74, 6) is 0.574. The maximum atomic E-state index is 11.6. The molecule has 5 heteroatoms. The Balaban J connectivity index is 1.68. The van der Waals surface area contributed by atoms with Crippen LogP contribution in [0.2, 0.25) is 0 Å². The second kappa shape index (κ2) is 7.30. The first-order chi connectivity index (χ1) is 12.8. The van der Waals surface area contributed by atoms with Crippen molar-refractivity contribution in [3.8, 4) is 0 Å². The molecule has 134 valence electrons. The van der Waals surface area contributed by atoms with Crippen LogP contribution in [0.5, 0.6) is 0 Å². The number of ketones is 1. The molecule has 5 nitrogen and oxygen atoms in total. The zero-order valence-corrected chi connectivity index (χ0v) is 14.7. The van der Waals surface area contributed by atoms with Crippen LogP contribution in [0.15, 0.2) is 48.5 Å². The number of nitrogens with one attached hydrogen (secondary N) is 1. The lowest BCUT2D eigenvalue weighted by molar-refractivity contribution is 0.0904. The molecule has 0 atom stereocenters. The fourth-order valence-corrected chi connectivity index (χ4v) is 3.80. The van der Waals surface area contributed by atoms with Crippen LogP contribution >= 0.6 is 0 Å². The van der Waals surface area contributed by atoms with E-state index in [1.165, 1.54) is 32.1 Å². The molecule has 1 heterocycles. The molecule has 4 rings (SSSR count). The molecule has 1 aliphatic rings. The van der Waals surface area contributed by atoms with Crippen LogP contribution in [0.25, 0.3) is 11.0 Å². The number of Topliss-reactive ketones (excluding diaryl/α,β-unsaturated/α-hetero) is 1.